The standard InChI is InChI=1S/C9H14N2O/c1-2-9(11-8(10)12)6-4-3-5-7-9/h3-6H,2,7H2,1H3,(H3,10,11,12)/t9-/m1/s1. The van der Waals surface area contributed by atoms with E-state index in [9.17, 15) is 4.79 Å². The molecule has 0 aromatic carbocycles. The van der Waals surface area contributed by atoms with E-state index >= 15 is 0 Å². The highest BCUT2D eigenvalue weighted by atomic mass is 16.2. The molecule has 2 amide bonds. The number of carbonyl (C=O) groups is 1. The number of urea groups is 1. The third-order valence-electron chi connectivity index (χ3n) is 2.15. The smallest absolute Gasteiger partial charge is 0.312 e. The Hall–Kier alpha value is -1.25. The summed E-state index contributed by atoms with van der Waals surface area (Å²) in [5.74, 6) is 0. The monoisotopic (exact) mass is 166 g/mol. The Kier molecular flexibility index (Phi) is 2.53. The van der Waals surface area contributed by atoms with Gasteiger partial charge in [-0.15, -0.1) is 0 Å². The third-order valence-corrected chi connectivity index (χ3v) is 2.15. The van der Waals surface area contributed by atoms with Crippen LogP contribution < -0.4 is 11.1 Å². The Morgan fingerprint density at radius 3 is 2.83 bits per heavy atom. The number of carbonyl (C=O) groups excluding carboxylic acids is 1. The number of nitrogens with one attached hydrogen (secondary N) is 1. The van der Waals surface area contributed by atoms with Crippen LogP contribution in [0.1, 0.15) is 19.8 Å². The fourth-order valence-corrected chi connectivity index (χ4v) is 1.35. The minimum Gasteiger partial charge on any atom is -0.352 e. The Morgan fingerprint density at radius 2 is 2.42 bits per heavy atom. The van der Waals surface area contributed by atoms with E-state index in [1.54, 1.807) is 0 Å². The molecular weight excluding hydrogens is 152 g/mol. The molecule has 1 rings (SSSR count). The molecule has 12 heavy (non-hydrogen) atoms. The van der Waals surface area contributed by atoms with Gasteiger partial charge in [-0.3, -0.25) is 0 Å². The van der Waals surface area contributed by atoms with E-state index < -0.39 is 6.03 Å². The van der Waals surface area contributed by atoms with Gasteiger partial charge in [-0.25, -0.2) is 4.79 Å². The molecule has 1 aliphatic carbocycles. The van der Waals surface area contributed by atoms with Gasteiger partial charge in [0.2, 0.25) is 0 Å². The molecule has 0 fully saturated rings. The Bertz CT molecular complexity index is 233. The Balaban J connectivity index is 2.69. The average molecular weight is 166 g/mol. The summed E-state index contributed by atoms with van der Waals surface area (Å²) in [6.45, 7) is 2.03. The van der Waals surface area contributed by atoms with Gasteiger partial charge in [0.15, 0.2) is 0 Å². The number of hydrogen-bond acceptors (Lipinski definition) is 1. The van der Waals surface area contributed by atoms with Crippen molar-refractivity contribution in [2.45, 2.75) is 25.3 Å². The maximum atomic E-state index is 10.7. The molecule has 0 spiro atoms. The van der Waals surface area contributed by atoms with Gasteiger partial charge < -0.3 is 11.1 Å². The number of rotatable bonds is 2. The van der Waals surface area contributed by atoms with Crippen molar-refractivity contribution in [1.29, 1.82) is 0 Å². The highest BCUT2D eigenvalue weighted by Gasteiger charge is 2.25. The number of primary amides is 1. The van der Waals surface area contributed by atoms with Gasteiger partial charge in [0.25, 0.3) is 0 Å². The molecule has 1 aliphatic rings. The maximum absolute atomic E-state index is 10.7. The first kappa shape index (κ1) is 8.84. The lowest BCUT2D eigenvalue weighted by atomic mass is 9.89. The van der Waals surface area contributed by atoms with Crippen LogP contribution in [-0.2, 0) is 0 Å². The molecule has 0 bridgehead atoms. The van der Waals surface area contributed by atoms with E-state index in [2.05, 4.69) is 5.32 Å². The maximum Gasteiger partial charge on any atom is 0.312 e. The molecule has 0 heterocycles. The fourth-order valence-electron chi connectivity index (χ4n) is 1.35. The van der Waals surface area contributed by atoms with Crippen LogP contribution in [0.3, 0.4) is 0 Å². The zero-order valence-corrected chi connectivity index (χ0v) is 7.21. The minimum atomic E-state index is -0.461. The van der Waals surface area contributed by atoms with Gasteiger partial charge >= 0.3 is 6.03 Å². The van der Waals surface area contributed by atoms with Crippen LogP contribution in [0, 0.1) is 0 Å². The average Bonchev–Trinajstić information content (AvgIpc) is 2.05. The predicted molar refractivity (Wildman–Crippen MR) is 48.6 cm³/mol. The Labute approximate surface area is 72.3 Å². The molecular formula is C9H14N2O. The lowest BCUT2D eigenvalue weighted by molar-refractivity contribution is 0.238. The quantitative estimate of drug-likeness (QED) is 0.638. The third kappa shape index (κ3) is 1.87. The summed E-state index contributed by atoms with van der Waals surface area (Å²) in [7, 11) is 0. The van der Waals surface area contributed by atoms with Crippen LogP contribution >= 0.6 is 0 Å². The van der Waals surface area contributed by atoms with Crippen molar-refractivity contribution in [3.63, 3.8) is 0 Å². The largest absolute Gasteiger partial charge is 0.352 e. The molecule has 0 saturated carbocycles. The van der Waals surface area contributed by atoms with Crippen molar-refractivity contribution in [3.8, 4) is 0 Å². The lowest BCUT2D eigenvalue weighted by Crippen LogP contribution is -2.49. The first-order valence-corrected chi connectivity index (χ1v) is 4.10. The van der Waals surface area contributed by atoms with Gasteiger partial charge in [-0.1, -0.05) is 31.2 Å². The van der Waals surface area contributed by atoms with Crippen LogP contribution in [0.5, 0.6) is 0 Å². The topological polar surface area (TPSA) is 55.1 Å². The molecule has 3 N–H and O–H groups in total. The second kappa shape index (κ2) is 3.43. The highest BCUT2D eigenvalue weighted by Crippen LogP contribution is 2.20. The van der Waals surface area contributed by atoms with Gasteiger partial charge in [-0.2, -0.15) is 0 Å². The van der Waals surface area contributed by atoms with Crippen LogP contribution in [0.2, 0.25) is 0 Å². The molecule has 3 heteroatoms. The highest BCUT2D eigenvalue weighted by molar-refractivity contribution is 5.73. The summed E-state index contributed by atoms with van der Waals surface area (Å²) in [5.41, 5.74) is 4.83. The fraction of sp³-hybridized carbons (Fsp3) is 0.444. The molecule has 66 valence electrons. The summed E-state index contributed by atoms with van der Waals surface area (Å²) in [6, 6.07) is -0.461. The number of amides is 2. The normalized spacial score (nSPS) is 27.1. The van der Waals surface area contributed by atoms with Crippen molar-refractivity contribution >= 4 is 6.03 Å². The van der Waals surface area contributed by atoms with Crippen molar-refractivity contribution < 1.29 is 4.79 Å². The molecule has 0 radical (unpaired) electrons. The number of nitrogens with two attached hydrogens (primary N) is 1. The van der Waals surface area contributed by atoms with Gasteiger partial charge in [0.05, 0.1) is 5.54 Å². The van der Waals surface area contributed by atoms with Crippen molar-refractivity contribution in [2.24, 2.45) is 5.73 Å². The predicted octanol–water partition coefficient (Wildman–Crippen LogP) is 1.32. The summed E-state index contributed by atoms with van der Waals surface area (Å²) >= 11 is 0. The first-order valence-electron chi connectivity index (χ1n) is 4.10. The molecule has 3 nitrogen and oxygen atoms in total. The van der Waals surface area contributed by atoms with Crippen molar-refractivity contribution in [2.75, 3.05) is 0 Å². The van der Waals surface area contributed by atoms with Crippen LogP contribution in [0.4, 0.5) is 4.79 Å². The molecule has 0 aromatic heterocycles. The zero-order valence-electron chi connectivity index (χ0n) is 7.21. The van der Waals surface area contributed by atoms with Crippen molar-refractivity contribution in [1.82, 2.24) is 5.32 Å². The van der Waals surface area contributed by atoms with E-state index in [0.717, 1.165) is 12.8 Å². The molecule has 1 atom stereocenters. The second-order valence-corrected chi connectivity index (χ2v) is 2.99. The molecule has 0 aromatic rings. The second-order valence-electron chi connectivity index (χ2n) is 2.99. The molecule has 0 aliphatic heterocycles. The van der Waals surface area contributed by atoms with Crippen LogP contribution in [0.15, 0.2) is 24.3 Å². The van der Waals surface area contributed by atoms with Crippen molar-refractivity contribution in [3.05, 3.63) is 24.3 Å². The van der Waals surface area contributed by atoms with E-state index in [1.807, 2.05) is 31.2 Å². The van der Waals surface area contributed by atoms with E-state index in [0.29, 0.717) is 0 Å². The van der Waals surface area contributed by atoms with Crippen LogP contribution in [0.25, 0.3) is 0 Å². The SMILES string of the molecule is CC[C@@]1(NC(N)=O)C=CC=CC1. The van der Waals surface area contributed by atoms with E-state index in [-0.39, 0.29) is 5.54 Å². The zero-order chi connectivity index (χ0) is 9.03. The van der Waals surface area contributed by atoms with Gasteiger partial charge in [0, 0.05) is 0 Å². The van der Waals surface area contributed by atoms with Gasteiger partial charge in [-0.05, 0) is 12.8 Å². The lowest BCUT2D eigenvalue weighted by Gasteiger charge is -2.30. The van der Waals surface area contributed by atoms with E-state index in [1.165, 1.54) is 0 Å². The van der Waals surface area contributed by atoms with Crippen LogP contribution in [-0.4, -0.2) is 11.6 Å². The van der Waals surface area contributed by atoms with E-state index in [4.69, 9.17) is 5.73 Å². The molecule has 0 unspecified atom stereocenters. The summed E-state index contributed by atoms with van der Waals surface area (Å²) in [5, 5.41) is 2.75. The minimum absolute atomic E-state index is 0.249. The van der Waals surface area contributed by atoms with Gasteiger partial charge in [0.1, 0.15) is 0 Å². The summed E-state index contributed by atoms with van der Waals surface area (Å²) in [6.07, 6.45) is 9.59. The summed E-state index contributed by atoms with van der Waals surface area (Å²) < 4.78 is 0. The number of hydrogen-bond donors (Lipinski definition) is 2. The Morgan fingerprint density at radius 1 is 1.67 bits per heavy atom. The first-order chi connectivity index (χ1) is 5.68. The summed E-state index contributed by atoms with van der Waals surface area (Å²) in [4.78, 5) is 10.7. The number of allylic oxidation sites excluding steroid dienone is 2. The molecule has 0 saturated heterocycles.